The highest BCUT2D eigenvalue weighted by Crippen LogP contribution is 2.38. The molecule has 0 bridgehead atoms. The quantitative estimate of drug-likeness (QED) is 0.747. The van der Waals surface area contributed by atoms with E-state index >= 15 is 0 Å². The molecule has 1 aliphatic carbocycles. The van der Waals surface area contributed by atoms with Crippen LogP contribution in [0, 0.1) is 11.8 Å². The number of hydrogen-bond donors (Lipinski definition) is 1. The lowest BCUT2D eigenvalue weighted by atomic mass is 10.3. The Bertz CT molecular complexity index is 285. The molecule has 12 heavy (non-hydrogen) atoms. The minimum Gasteiger partial charge on any atom is -0.315 e. The van der Waals surface area contributed by atoms with Gasteiger partial charge in [-0.3, -0.25) is 4.79 Å². The standard InChI is InChI=1S/C7H9N3OS/c1-4-2-5(4)7(11)9-6-3-8-10-12-6/h3-5H,2H2,1H3,(H,9,11)/t4-,5-/m1/s1. The van der Waals surface area contributed by atoms with E-state index in [4.69, 9.17) is 0 Å². The first kappa shape index (κ1) is 7.67. The molecular formula is C7H9N3OS. The van der Waals surface area contributed by atoms with Gasteiger partial charge < -0.3 is 5.32 Å². The first-order chi connectivity index (χ1) is 5.77. The van der Waals surface area contributed by atoms with Crippen LogP contribution in [-0.4, -0.2) is 15.5 Å². The van der Waals surface area contributed by atoms with Gasteiger partial charge in [0, 0.05) is 17.5 Å². The Morgan fingerprint density at radius 3 is 3.08 bits per heavy atom. The summed E-state index contributed by atoms with van der Waals surface area (Å²) in [5, 5.41) is 7.13. The van der Waals surface area contributed by atoms with E-state index in [1.165, 1.54) is 11.5 Å². The molecule has 64 valence electrons. The Morgan fingerprint density at radius 1 is 1.83 bits per heavy atom. The summed E-state index contributed by atoms with van der Waals surface area (Å²) >= 11 is 1.20. The molecule has 1 N–H and O–H groups in total. The number of hydrogen-bond acceptors (Lipinski definition) is 4. The van der Waals surface area contributed by atoms with Crippen LogP contribution in [0.4, 0.5) is 5.00 Å². The van der Waals surface area contributed by atoms with Gasteiger partial charge in [0.15, 0.2) is 0 Å². The van der Waals surface area contributed by atoms with Crippen LogP contribution < -0.4 is 5.32 Å². The third-order valence-corrected chi connectivity index (χ3v) is 2.63. The van der Waals surface area contributed by atoms with Crippen LogP contribution in [0.15, 0.2) is 6.20 Å². The van der Waals surface area contributed by atoms with Crippen molar-refractivity contribution in [3.05, 3.63) is 6.20 Å². The first-order valence-corrected chi connectivity index (χ1v) is 4.63. The van der Waals surface area contributed by atoms with Crippen LogP contribution in [0.3, 0.4) is 0 Å². The van der Waals surface area contributed by atoms with Crippen molar-refractivity contribution in [2.75, 3.05) is 5.32 Å². The number of carbonyl (C=O) groups excluding carboxylic acids is 1. The SMILES string of the molecule is C[C@@H]1C[C@H]1C(=O)Nc1cnns1. The second kappa shape index (κ2) is 2.82. The Kier molecular flexibility index (Phi) is 1.80. The molecular weight excluding hydrogens is 174 g/mol. The topological polar surface area (TPSA) is 54.9 Å². The summed E-state index contributed by atoms with van der Waals surface area (Å²) in [5.74, 6) is 0.867. The Labute approximate surface area is 74.2 Å². The minimum absolute atomic E-state index is 0.105. The van der Waals surface area contributed by atoms with Gasteiger partial charge in [-0.1, -0.05) is 11.4 Å². The van der Waals surface area contributed by atoms with Crippen LogP contribution in [0.1, 0.15) is 13.3 Å². The molecule has 4 nitrogen and oxygen atoms in total. The number of rotatable bonds is 2. The molecule has 0 unspecified atom stereocenters. The van der Waals surface area contributed by atoms with Gasteiger partial charge in [-0.25, -0.2) is 0 Å². The maximum atomic E-state index is 11.3. The van der Waals surface area contributed by atoms with Gasteiger partial charge in [0.1, 0.15) is 5.00 Å². The van der Waals surface area contributed by atoms with Gasteiger partial charge in [0.05, 0.1) is 6.20 Å². The maximum Gasteiger partial charge on any atom is 0.228 e. The van der Waals surface area contributed by atoms with Crippen LogP contribution in [-0.2, 0) is 4.79 Å². The molecule has 1 aromatic rings. The van der Waals surface area contributed by atoms with Crippen molar-refractivity contribution in [2.24, 2.45) is 11.8 Å². The molecule has 0 aliphatic heterocycles. The van der Waals surface area contributed by atoms with Crippen LogP contribution in [0.25, 0.3) is 0 Å². The summed E-state index contributed by atoms with van der Waals surface area (Å²) in [5.41, 5.74) is 0. The summed E-state index contributed by atoms with van der Waals surface area (Å²) in [6, 6.07) is 0. The largest absolute Gasteiger partial charge is 0.315 e. The third kappa shape index (κ3) is 1.45. The molecule has 0 aromatic carbocycles. The zero-order valence-electron chi connectivity index (χ0n) is 6.65. The fourth-order valence-electron chi connectivity index (χ4n) is 1.12. The molecule has 0 spiro atoms. The second-order valence-corrected chi connectivity index (χ2v) is 3.88. The number of nitrogens with zero attached hydrogens (tertiary/aromatic N) is 2. The van der Waals surface area contributed by atoms with Crippen LogP contribution >= 0.6 is 11.5 Å². The maximum absolute atomic E-state index is 11.3. The molecule has 1 fully saturated rings. The van der Waals surface area contributed by atoms with Crippen molar-refractivity contribution >= 4 is 22.4 Å². The van der Waals surface area contributed by atoms with Gasteiger partial charge in [0.2, 0.25) is 5.91 Å². The molecule has 1 aromatic heterocycles. The Balaban J connectivity index is 1.92. The number of carbonyl (C=O) groups is 1. The van der Waals surface area contributed by atoms with Gasteiger partial charge in [-0.05, 0) is 12.3 Å². The lowest BCUT2D eigenvalue weighted by Gasteiger charge is -1.97. The molecule has 2 rings (SSSR count). The van der Waals surface area contributed by atoms with Crippen molar-refractivity contribution in [1.29, 1.82) is 0 Å². The first-order valence-electron chi connectivity index (χ1n) is 3.85. The molecule has 0 radical (unpaired) electrons. The third-order valence-electron chi connectivity index (χ3n) is 2.05. The monoisotopic (exact) mass is 183 g/mol. The molecule has 2 atom stereocenters. The summed E-state index contributed by atoms with van der Waals surface area (Å²) in [7, 11) is 0. The van der Waals surface area contributed by atoms with Crippen molar-refractivity contribution in [1.82, 2.24) is 9.59 Å². The number of amides is 1. The molecule has 1 aliphatic rings. The van der Waals surface area contributed by atoms with E-state index in [0.717, 1.165) is 11.4 Å². The van der Waals surface area contributed by atoms with Gasteiger partial charge in [-0.15, -0.1) is 5.10 Å². The van der Waals surface area contributed by atoms with Crippen molar-refractivity contribution in [2.45, 2.75) is 13.3 Å². The molecule has 0 saturated heterocycles. The average molecular weight is 183 g/mol. The smallest absolute Gasteiger partial charge is 0.228 e. The van der Waals surface area contributed by atoms with E-state index in [0.29, 0.717) is 5.92 Å². The van der Waals surface area contributed by atoms with E-state index < -0.39 is 0 Å². The van der Waals surface area contributed by atoms with E-state index in [2.05, 4.69) is 21.8 Å². The van der Waals surface area contributed by atoms with Crippen molar-refractivity contribution in [3.8, 4) is 0 Å². The highest BCUT2D eigenvalue weighted by Gasteiger charge is 2.39. The zero-order chi connectivity index (χ0) is 8.55. The van der Waals surface area contributed by atoms with E-state index in [1.807, 2.05) is 0 Å². The average Bonchev–Trinajstić information content (AvgIpc) is 2.58. The zero-order valence-corrected chi connectivity index (χ0v) is 7.47. The highest BCUT2D eigenvalue weighted by molar-refractivity contribution is 7.10. The lowest BCUT2D eigenvalue weighted by Crippen LogP contribution is -2.13. The predicted molar refractivity (Wildman–Crippen MR) is 45.8 cm³/mol. The summed E-state index contributed by atoms with van der Waals surface area (Å²) in [6.45, 7) is 2.08. The van der Waals surface area contributed by atoms with Crippen LogP contribution in [0.2, 0.25) is 0 Å². The minimum atomic E-state index is 0.105. The lowest BCUT2D eigenvalue weighted by molar-refractivity contribution is -0.117. The van der Waals surface area contributed by atoms with Crippen molar-refractivity contribution < 1.29 is 4.79 Å². The summed E-state index contributed by atoms with van der Waals surface area (Å²) in [6.07, 6.45) is 2.58. The fraction of sp³-hybridized carbons (Fsp3) is 0.571. The number of nitrogens with one attached hydrogen (secondary N) is 1. The second-order valence-electron chi connectivity index (χ2n) is 3.09. The normalized spacial score (nSPS) is 26.8. The number of aromatic nitrogens is 2. The van der Waals surface area contributed by atoms with Crippen LogP contribution in [0.5, 0.6) is 0 Å². The molecule has 1 heterocycles. The Morgan fingerprint density at radius 2 is 2.58 bits per heavy atom. The number of anilines is 1. The predicted octanol–water partition coefficient (Wildman–Crippen LogP) is 1.13. The van der Waals surface area contributed by atoms with E-state index in [1.54, 1.807) is 6.20 Å². The highest BCUT2D eigenvalue weighted by atomic mass is 32.1. The van der Waals surface area contributed by atoms with E-state index in [9.17, 15) is 4.79 Å². The molecule has 1 amide bonds. The summed E-state index contributed by atoms with van der Waals surface area (Å²) < 4.78 is 3.65. The van der Waals surface area contributed by atoms with Gasteiger partial charge in [-0.2, -0.15) is 0 Å². The van der Waals surface area contributed by atoms with Crippen molar-refractivity contribution in [3.63, 3.8) is 0 Å². The molecule has 1 saturated carbocycles. The Hall–Kier alpha value is -0.970. The van der Waals surface area contributed by atoms with E-state index in [-0.39, 0.29) is 11.8 Å². The fourth-order valence-corrected chi connectivity index (χ4v) is 1.55. The van der Waals surface area contributed by atoms with Gasteiger partial charge in [0.25, 0.3) is 0 Å². The summed E-state index contributed by atoms with van der Waals surface area (Å²) in [4.78, 5) is 11.3. The molecule has 5 heteroatoms. The van der Waals surface area contributed by atoms with Gasteiger partial charge >= 0.3 is 0 Å².